The van der Waals surface area contributed by atoms with Crippen LogP contribution in [0.2, 0.25) is 0 Å². The van der Waals surface area contributed by atoms with E-state index in [2.05, 4.69) is 15.9 Å². The van der Waals surface area contributed by atoms with Gasteiger partial charge >= 0.3 is 0 Å². The molecule has 17 heavy (non-hydrogen) atoms. The van der Waals surface area contributed by atoms with Gasteiger partial charge in [-0.15, -0.1) is 12.4 Å². The van der Waals surface area contributed by atoms with Crippen molar-refractivity contribution in [1.82, 2.24) is 4.90 Å². The first-order valence-electron chi connectivity index (χ1n) is 5.08. The monoisotopic (exact) mass is 322 g/mol. The van der Waals surface area contributed by atoms with Crippen LogP contribution in [0.1, 0.15) is 16.8 Å². The average molecular weight is 324 g/mol. The van der Waals surface area contributed by atoms with Crippen LogP contribution in [-0.4, -0.2) is 29.9 Å². The zero-order valence-electron chi connectivity index (χ0n) is 9.03. The maximum Gasteiger partial charge on any atom is 0.256 e. The molecule has 0 bridgehead atoms. The number of benzene rings is 1. The third kappa shape index (κ3) is 3.18. The van der Waals surface area contributed by atoms with Crippen LogP contribution < -0.4 is 5.73 Å². The summed E-state index contributed by atoms with van der Waals surface area (Å²) < 4.78 is 14.2. The van der Waals surface area contributed by atoms with Crippen LogP contribution in [0.15, 0.2) is 22.7 Å². The molecule has 94 valence electrons. The Balaban J connectivity index is 0.00000144. The zero-order chi connectivity index (χ0) is 11.7. The molecular weight excluding hydrogens is 310 g/mol. The van der Waals surface area contributed by atoms with Crippen LogP contribution in [0.5, 0.6) is 0 Å². The first-order chi connectivity index (χ1) is 7.58. The molecule has 0 spiro atoms. The quantitative estimate of drug-likeness (QED) is 0.861. The minimum Gasteiger partial charge on any atom is -0.337 e. The number of nitrogens with two attached hydrogens (primary N) is 1. The van der Waals surface area contributed by atoms with E-state index in [9.17, 15) is 9.18 Å². The van der Waals surface area contributed by atoms with Crippen molar-refractivity contribution < 1.29 is 9.18 Å². The van der Waals surface area contributed by atoms with Gasteiger partial charge in [0, 0.05) is 23.6 Å². The van der Waals surface area contributed by atoms with E-state index in [1.165, 1.54) is 12.1 Å². The molecule has 0 saturated carbocycles. The molecule has 1 amide bonds. The zero-order valence-corrected chi connectivity index (χ0v) is 11.4. The lowest BCUT2D eigenvalue weighted by molar-refractivity contribution is 0.0786. The normalized spacial score (nSPS) is 19.0. The lowest BCUT2D eigenvalue weighted by atomic mass is 10.2. The van der Waals surface area contributed by atoms with Crippen molar-refractivity contribution in [2.45, 2.75) is 12.5 Å². The number of amides is 1. The average Bonchev–Trinajstić information content (AvgIpc) is 2.67. The van der Waals surface area contributed by atoms with Crippen molar-refractivity contribution in [3.05, 3.63) is 34.1 Å². The van der Waals surface area contributed by atoms with E-state index >= 15 is 0 Å². The van der Waals surface area contributed by atoms with Gasteiger partial charge in [-0.1, -0.05) is 15.9 Å². The summed E-state index contributed by atoms with van der Waals surface area (Å²) in [6.45, 7) is 1.11. The van der Waals surface area contributed by atoms with Gasteiger partial charge in [-0.2, -0.15) is 0 Å². The summed E-state index contributed by atoms with van der Waals surface area (Å²) in [6, 6.07) is 4.37. The number of hydrogen-bond acceptors (Lipinski definition) is 2. The van der Waals surface area contributed by atoms with Crippen LogP contribution in [0.25, 0.3) is 0 Å². The second-order valence-corrected chi connectivity index (χ2v) is 4.84. The van der Waals surface area contributed by atoms with Gasteiger partial charge in [-0.3, -0.25) is 4.79 Å². The molecule has 1 aliphatic rings. The number of carbonyl (C=O) groups excluding carboxylic acids is 1. The minimum atomic E-state index is -0.492. The Labute approximate surface area is 114 Å². The third-order valence-electron chi connectivity index (χ3n) is 2.67. The molecule has 1 aromatic rings. The molecule has 1 aliphatic heterocycles. The molecule has 3 nitrogen and oxygen atoms in total. The van der Waals surface area contributed by atoms with Gasteiger partial charge in [0.2, 0.25) is 0 Å². The number of nitrogens with zero attached hydrogens (tertiary/aromatic N) is 1. The van der Waals surface area contributed by atoms with E-state index in [4.69, 9.17) is 5.73 Å². The molecule has 0 aromatic heterocycles. The van der Waals surface area contributed by atoms with Crippen molar-refractivity contribution in [2.75, 3.05) is 13.1 Å². The van der Waals surface area contributed by atoms with E-state index in [-0.39, 0.29) is 29.9 Å². The van der Waals surface area contributed by atoms with Crippen LogP contribution in [0, 0.1) is 5.82 Å². The summed E-state index contributed by atoms with van der Waals surface area (Å²) in [5, 5.41) is 0. The van der Waals surface area contributed by atoms with Crippen molar-refractivity contribution in [1.29, 1.82) is 0 Å². The second kappa shape index (κ2) is 5.80. The molecule has 6 heteroatoms. The Morgan fingerprint density at radius 2 is 2.24 bits per heavy atom. The fraction of sp³-hybridized carbons (Fsp3) is 0.364. The van der Waals surface area contributed by atoms with Crippen LogP contribution in [0.4, 0.5) is 4.39 Å². The lowest BCUT2D eigenvalue weighted by Crippen LogP contribution is -2.32. The van der Waals surface area contributed by atoms with Gasteiger partial charge in [0.05, 0.1) is 5.56 Å². The lowest BCUT2D eigenvalue weighted by Gasteiger charge is -2.16. The molecule has 1 saturated heterocycles. The molecule has 1 fully saturated rings. The van der Waals surface area contributed by atoms with E-state index in [0.29, 0.717) is 17.6 Å². The number of rotatable bonds is 1. The molecule has 0 unspecified atom stereocenters. The highest BCUT2D eigenvalue weighted by atomic mass is 79.9. The van der Waals surface area contributed by atoms with Gasteiger partial charge in [0.1, 0.15) is 5.82 Å². The highest BCUT2D eigenvalue weighted by Crippen LogP contribution is 2.19. The largest absolute Gasteiger partial charge is 0.337 e. The molecular formula is C11H13BrClFN2O. The summed E-state index contributed by atoms with van der Waals surface area (Å²) in [4.78, 5) is 13.6. The topological polar surface area (TPSA) is 46.3 Å². The Morgan fingerprint density at radius 1 is 1.53 bits per heavy atom. The van der Waals surface area contributed by atoms with Crippen molar-refractivity contribution in [3.63, 3.8) is 0 Å². The van der Waals surface area contributed by atoms with E-state index in [1.807, 2.05) is 0 Å². The number of hydrogen-bond donors (Lipinski definition) is 1. The molecule has 2 rings (SSSR count). The Bertz CT molecular complexity index is 430. The smallest absolute Gasteiger partial charge is 0.256 e. The van der Waals surface area contributed by atoms with E-state index in [0.717, 1.165) is 6.42 Å². The number of carbonyl (C=O) groups is 1. The van der Waals surface area contributed by atoms with Crippen LogP contribution >= 0.6 is 28.3 Å². The Hall–Kier alpha value is -0.650. The predicted octanol–water partition coefficient (Wildman–Crippen LogP) is 2.18. The number of likely N-dealkylation sites (tertiary alicyclic amines) is 1. The third-order valence-corrected chi connectivity index (χ3v) is 3.16. The molecule has 0 aliphatic carbocycles. The van der Waals surface area contributed by atoms with Gasteiger partial charge < -0.3 is 10.6 Å². The van der Waals surface area contributed by atoms with Crippen molar-refractivity contribution >= 4 is 34.2 Å². The minimum absolute atomic E-state index is 0. The fourth-order valence-corrected chi connectivity index (χ4v) is 2.16. The summed E-state index contributed by atoms with van der Waals surface area (Å²) in [5.74, 6) is -0.777. The van der Waals surface area contributed by atoms with Gasteiger partial charge in [0.15, 0.2) is 0 Å². The Morgan fingerprint density at radius 3 is 2.82 bits per heavy atom. The van der Waals surface area contributed by atoms with E-state index < -0.39 is 5.82 Å². The van der Waals surface area contributed by atoms with Gasteiger partial charge in [-0.25, -0.2) is 4.39 Å². The molecule has 0 radical (unpaired) electrons. The van der Waals surface area contributed by atoms with Crippen molar-refractivity contribution in [3.8, 4) is 0 Å². The van der Waals surface area contributed by atoms with Gasteiger partial charge in [0.25, 0.3) is 5.91 Å². The molecule has 1 aromatic carbocycles. The summed E-state index contributed by atoms with van der Waals surface area (Å²) >= 11 is 3.22. The Kier molecular flexibility index (Phi) is 4.91. The van der Waals surface area contributed by atoms with Crippen molar-refractivity contribution in [2.24, 2.45) is 5.73 Å². The van der Waals surface area contributed by atoms with Gasteiger partial charge in [-0.05, 0) is 24.6 Å². The summed E-state index contributed by atoms with van der Waals surface area (Å²) in [7, 11) is 0. The molecule has 2 N–H and O–H groups in total. The first kappa shape index (κ1) is 14.4. The molecule has 1 atom stereocenters. The molecule has 1 heterocycles. The SMILES string of the molecule is Cl.N[C@@H]1CCN(C(=O)c2cc(Br)ccc2F)C1. The first-order valence-corrected chi connectivity index (χ1v) is 5.87. The van der Waals surface area contributed by atoms with E-state index in [1.54, 1.807) is 11.0 Å². The number of halogens is 3. The maximum atomic E-state index is 13.5. The fourth-order valence-electron chi connectivity index (χ4n) is 1.80. The second-order valence-electron chi connectivity index (χ2n) is 3.92. The predicted molar refractivity (Wildman–Crippen MR) is 69.8 cm³/mol. The maximum absolute atomic E-state index is 13.5. The summed E-state index contributed by atoms with van der Waals surface area (Å²) in [5.41, 5.74) is 5.81. The van der Waals surface area contributed by atoms with Crippen LogP contribution in [-0.2, 0) is 0 Å². The van der Waals surface area contributed by atoms with Crippen LogP contribution in [0.3, 0.4) is 0 Å². The standard InChI is InChI=1S/C11H12BrFN2O.ClH/c12-7-1-2-10(13)9(5-7)11(16)15-4-3-8(14)6-15;/h1-2,5,8H,3-4,6,14H2;1H/t8-;/m1./s1. The highest BCUT2D eigenvalue weighted by Gasteiger charge is 2.26. The summed E-state index contributed by atoms with van der Waals surface area (Å²) in [6.07, 6.45) is 0.779. The highest BCUT2D eigenvalue weighted by molar-refractivity contribution is 9.10.